The summed E-state index contributed by atoms with van der Waals surface area (Å²) in [5.41, 5.74) is 0.610. The Morgan fingerprint density at radius 3 is 2.74 bits per heavy atom. The molecule has 0 saturated carbocycles. The molecule has 0 radical (unpaired) electrons. The molecule has 1 N–H and O–H groups in total. The number of hydrogen-bond donors (Lipinski definition) is 1. The van der Waals surface area contributed by atoms with Crippen LogP contribution >= 0.6 is 0 Å². The number of benzene rings is 1. The van der Waals surface area contributed by atoms with Gasteiger partial charge in [-0.15, -0.1) is 0 Å². The minimum atomic E-state index is -0.522. The van der Waals surface area contributed by atoms with Crippen molar-refractivity contribution < 1.29 is 14.3 Å². The van der Waals surface area contributed by atoms with Gasteiger partial charge in [-0.1, -0.05) is 12.1 Å². The maximum absolute atomic E-state index is 11.5. The van der Waals surface area contributed by atoms with Crippen molar-refractivity contribution >= 4 is 5.97 Å². The van der Waals surface area contributed by atoms with E-state index in [-0.39, 0.29) is 5.97 Å². The summed E-state index contributed by atoms with van der Waals surface area (Å²) in [5, 5.41) is 3.27. The van der Waals surface area contributed by atoms with Gasteiger partial charge in [0.1, 0.15) is 5.75 Å². The molecule has 0 spiro atoms. The van der Waals surface area contributed by atoms with E-state index in [0.717, 1.165) is 11.3 Å². The third-order valence-electron chi connectivity index (χ3n) is 2.84. The van der Waals surface area contributed by atoms with Gasteiger partial charge in [0.2, 0.25) is 0 Å². The van der Waals surface area contributed by atoms with Crippen molar-refractivity contribution in [3.63, 3.8) is 0 Å². The molecule has 106 valence electrons. The van der Waals surface area contributed by atoms with Gasteiger partial charge in [-0.05, 0) is 38.5 Å². The van der Waals surface area contributed by atoms with Gasteiger partial charge in [0, 0.05) is 13.1 Å². The molecule has 0 atom stereocenters. The average molecular weight is 265 g/mol. The number of esters is 1. The Labute approximate surface area is 115 Å². The normalized spacial score (nSPS) is 11.2. The predicted octanol–water partition coefficient (Wildman–Crippen LogP) is 2.37. The highest BCUT2D eigenvalue weighted by Crippen LogP contribution is 2.16. The van der Waals surface area contributed by atoms with Crippen LogP contribution in [-0.2, 0) is 16.1 Å². The fraction of sp³-hybridized carbons (Fsp3) is 0.533. The van der Waals surface area contributed by atoms with E-state index in [9.17, 15) is 4.79 Å². The van der Waals surface area contributed by atoms with Crippen LogP contribution in [0, 0.1) is 5.41 Å². The van der Waals surface area contributed by atoms with E-state index in [2.05, 4.69) is 5.32 Å². The summed E-state index contributed by atoms with van der Waals surface area (Å²) in [6, 6.07) is 7.93. The van der Waals surface area contributed by atoms with Gasteiger partial charge in [0.25, 0.3) is 0 Å². The molecule has 0 aliphatic heterocycles. The monoisotopic (exact) mass is 265 g/mol. The second kappa shape index (κ2) is 7.14. The Morgan fingerprint density at radius 1 is 1.37 bits per heavy atom. The third kappa shape index (κ3) is 4.91. The number of carbonyl (C=O) groups is 1. The summed E-state index contributed by atoms with van der Waals surface area (Å²) >= 11 is 0. The molecular formula is C15H23NO3. The molecule has 0 fully saturated rings. The number of carbonyl (C=O) groups excluding carboxylic acids is 1. The van der Waals surface area contributed by atoms with Gasteiger partial charge in [-0.25, -0.2) is 0 Å². The zero-order chi connectivity index (χ0) is 14.3. The number of hydrogen-bond acceptors (Lipinski definition) is 4. The smallest absolute Gasteiger partial charge is 0.312 e. The van der Waals surface area contributed by atoms with Crippen LogP contribution in [0.25, 0.3) is 0 Å². The first-order valence-electron chi connectivity index (χ1n) is 6.50. The number of methoxy groups -OCH3 is 1. The largest absolute Gasteiger partial charge is 0.494 e. The SMILES string of the molecule is CCOc1cccc(CNCC(C)(C)C(=O)OC)c1. The first kappa shape index (κ1) is 15.5. The lowest BCUT2D eigenvalue weighted by atomic mass is 9.94. The van der Waals surface area contributed by atoms with Crippen LogP contribution < -0.4 is 10.1 Å². The molecule has 0 unspecified atom stereocenters. The topological polar surface area (TPSA) is 47.6 Å². The first-order chi connectivity index (χ1) is 8.99. The molecule has 0 saturated heterocycles. The molecular weight excluding hydrogens is 242 g/mol. The number of rotatable bonds is 7. The van der Waals surface area contributed by atoms with Crippen molar-refractivity contribution in [1.29, 1.82) is 0 Å². The Kier molecular flexibility index (Phi) is 5.83. The molecule has 0 aliphatic rings. The molecule has 1 aromatic carbocycles. The van der Waals surface area contributed by atoms with E-state index in [1.807, 2.05) is 45.0 Å². The molecule has 0 heterocycles. The van der Waals surface area contributed by atoms with Gasteiger partial charge in [-0.3, -0.25) is 4.79 Å². The molecule has 1 aromatic rings. The lowest BCUT2D eigenvalue weighted by Gasteiger charge is -2.21. The highest BCUT2D eigenvalue weighted by atomic mass is 16.5. The van der Waals surface area contributed by atoms with Crippen LogP contribution in [0.1, 0.15) is 26.3 Å². The second-order valence-electron chi connectivity index (χ2n) is 5.06. The Balaban J connectivity index is 2.49. The number of nitrogens with one attached hydrogen (secondary N) is 1. The standard InChI is InChI=1S/C15H23NO3/c1-5-19-13-8-6-7-12(9-13)10-16-11-15(2,3)14(17)18-4/h6-9,16H,5,10-11H2,1-4H3. The van der Waals surface area contributed by atoms with Crippen molar-refractivity contribution in [2.45, 2.75) is 27.3 Å². The summed E-state index contributed by atoms with van der Waals surface area (Å²) in [7, 11) is 1.41. The summed E-state index contributed by atoms with van der Waals surface area (Å²) in [6.45, 7) is 7.61. The van der Waals surface area contributed by atoms with E-state index in [1.165, 1.54) is 7.11 Å². The molecule has 0 aromatic heterocycles. The molecule has 0 aliphatic carbocycles. The summed E-state index contributed by atoms with van der Waals surface area (Å²) in [5.74, 6) is 0.664. The quantitative estimate of drug-likeness (QED) is 0.769. The lowest BCUT2D eigenvalue weighted by molar-refractivity contribution is -0.150. The zero-order valence-electron chi connectivity index (χ0n) is 12.2. The van der Waals surface area contributed by atoms with E-state index >= 15 is 0 Å². The zero-order valence-corrected chi connectivity index (χ0v) is 12.2. The van der Waals surface area contributed by atoms with Gasteiger partial charge >= 0.3 is 5.97 Å². The van der Waals surface area contributed by atoms with Crippen molar-refractivity contribution in [1.82, 2.24) is 5.32 Å². The summed E-state index contributed by atoms with van der Waals surface area (Å²) < 4.78 is 10.2. The summed E-state index contributed by atoms with van der Waals surface area (Å²) in [6.07, 6.45) is 0. The average Bonchev–Trinajstić information content (AvgIpc) is 2.38. The van der Waals surface area contributed by atoms with Gasteiger partial charge in [0.05, 0.1) is 19.1 Å². The van der Waals surface area contributed by atoms with E-state index in [0.29, 0.717) is 19.7 Å². The highest BCUT2D eigenvalue weighted by molar-refractivity contribution is 5.76. The van der Waals surface area contributed by atoms with Gasteiger partial charge < -0.3 is 14.8 Å². The van der Waals surface area contributed by atoms with Crippen LogP contribution in [-0.4, -0.2) is 26.2 Å². The van der Waals surface area contributed by atoms with Crippen LogP contribution in [0.4, 0.5) is 0 Å². The summed E-state index contributed by atoms with van der Waals surface area (Å²) in [4.78, 5) is 11.5. The van der Waals surface area contributed by atoms with E-state index < -0.39 is 5.41 Å². The minimum absolute atomic E-state index is 0.205. The third-order valence-corrected chi connectivity index (χ3v) is 2.84. The molecule has 4 heteroatoms. The van der Waals surface area contributed by atoms with Crippen molar-refractivity contribution in [3.05, 3.63) is 29.8 Å². The fourth-order valence-corrected chi connectivity index (χ4v) is 1.78. The van der Waals surface area contributed by atoms with Crippen LogP contribution in [0.2, 0.25) is 0 Å². The predicted molar refractivity (Wildman–Crippen MR) is 75.1 cm³/mol. The Hall–Kier alpha value is -1.55. The van der Waals surface area contributed by atoms with Crippen LogP contribution in [0.5, 0.6) is 5.75 Å². The molecule has 0 amide bonds. The van der Waals surface area contributed by atoms with Crippen LogP contribution in [0.15, 0.2) is 24.3 Å². The number of ether oxygens (including phenoxy) is 2. The van der Waals surface area contributed by atoms with E-state index in [4.69, 9.17) is 9.47 Å². The van der Waals surface area contributed by atoms with Crippen molar-refractivity contribution in [2.75, 3.05) is 20.3 Å². The highest BCUT2D eigenvalue weighted by Gasteiger charge is 2.27. The molecule has 1 rings (SSSR count). The van der Waals surface area contributed by atoms with Crippen LogP contribution in [0.3, 0.4) is 0 Å². The Morgan fingerprint density at radius 2 is 2.11 bits per heavy atom. The molecule has 19 heavy (non-hydrogen) atoms. The van der Waals surface area contributed by atoms with Gasteiger partial charge in [0.15, 0.2) is 0 Å². The van der Waals surface area contributed by atoms with Gasteiger partial charge in [-0.2, -0.15) is 0 Å². The maximum atomic E-state index is 11.5. The minimum Gasteiger partial charge on any atom is -0.494 e. The molecule has 0 bridgehead atoms. The second-order valence-corrected chi connectivity index (χ2v) is 5.06. The Bertz CT molecular complexity index is 416. The van der Waals surface area contributed by atoms with Crippen molar-refractivity contribution in [2.24, 2.45) is 5.41 Å². The maximum Gasteiger partial charge on any atom is 0.312 e. The first-order valence-corrected chi connectivity index (χ1v) is 6.50. The fourth-order valence-electron chi connectivity index (χ4n) is 1.78. The molecule has 4 nitrogen and oxygen atoms in total. The van der Waals surface area contributed by atoms with E-state index in [1.54, 1.807) is 0 Å². The van der Waals surface area contributed by atoms with Crippen molar-refractivity contribution in [3.8, 4) is 5.75 Å². The lowest BCUT2D eigenvalue weighted by Crippen LogP contribution is -2.36.